The summed E-state index contributed by atoms with van der Waals surface area (Å²) in [6.45, 7) is 3.34. The molecular formula is C11H19F3IN5. The first-order valence-electron chi connectivity index (χ1n) is 6.07. The maximum Gasteiger partial charge on any atom is 0.390 e. The second-order valence-electron chi connectivity index (χ2n) is 3.82. The van der Waals surface area contributed by atoms with Crippen LogP contribution in [-0.2, 0) is 6.54 Å². The van der Waals surface area contributed by atoms with E-state index in [9.17, 15) is 13.2 Å². The number of alkyl halides is 3. The van der Waals surface area contributed by atoms with E-state index >= 15 is 0 Å². The maximum absolute atomic E-state index is 12.0. The quantitative estimate of drug-likeness (QED) is 0.433. The summed E-state index contributed by atoms with van der Waals surface area (Å²) in [5.41, 5.74) is 0. The first-order chi connectivity index (χ1) is 9.01. The summed E-state index contributed by atoms with van der Waals surface area (Å²) in [5.74, 6) is 0.388. The standard InChI is InChI=1S/C11H18F3N5.HI/c1-2-15-10(16-6-4-11(12,13)14)17-7-9-19-8-3-5-18-19;/h3,5,8H,2,4,6-7,9H2,1H3,(H2,15,16,17);1H. The van der Waals surface area contributed by atoms with Gasteiger partial charge in [-0.15, -0.1) is 24.0 Å². The first kappa shape index (κ1) is 19.0. The van der Waals surface area contributed by atoms with Gasteiger partial charge in [-0.25, -0.2) is 0 Å². The van der Waals surface area contributed by atoms with Gasteiger partial charge in [-0.2, -0.15) is 18.3 Å². The Kier molecular flexibility index (Phi) is 9.34. The average molecular weight is 405 g/mol. The van der Waals surface area contributed by atoms with Crippen molar-refractivity contribution in [2.24, 2.45) is 4.99 Å². The van der Waals surface area contributed by atoms with Gasteiger partial charge in [0.2, 0.25) is 0 Å². The van der Waals surface area contributed by atoms with Crippen LogP contribution in [0, 0.1) is 0 Å². The Morgan fingerprint density at radius 3 is 2.65 bits per heavy atom. The topological polar surface area (TPSA) is 54.2 Å². The number of hydrogen-bond donors (Lipinski definition) is 2. The molecule has 0 saturated heterocycles. The molecule has 1 rings (SSSR count). The van der Waals surface area contributed by atoms with Crippen LogP contribution in [0.1, 0.15) is 13.3 Å². The van der Waals surface area contributed by atoms with Crippen molar-refractivity contribution in [1.29, 1.82) is 0 Å². The van der Waals surface area contributed by atoms with Crippen LogP contribution in [0.5, 0.6) is 0 Å². The molecule has 2 N–H and O–H groups in total. The minimum atomic E-state index is -4.17. The summed E-state index contributed by atoms with van der Waals surface area (Å²) in [7, 11) is 0. The summed E-state index contributed by atoms with van der Waals surface area (Å²) in [5, 5.41) is 9.87. The van der Waals surface area contributed by atoms with Gasteiger partial charge >= 0.3 is 6.18 Å². The Hall–Kier alpha value is -1.000. The highest BCUT2D eigenvalue weighted by Gasteiger charge is 2.26. The molecule has 116 valence electrons. The van der Waals surface area contributed by atoms with Crippen LogP contribution in [0.3, 0.4) is 0 Å². The number of guanidine groups is 1. The van der Waals surface area contributed by atoms with E-state index in [4.69, 9.17) is 0 Å². The lowest BCUT2D eigenvalue weighted by molar-refractivity contribution is -0.132. The molecule has 0 aromatic carbocycles. The molecule has 0 bridgehead atoms. The summed E-state index contributed by atoms with van der Waals surface area (Å²) >= 11 is 0. The first-order valence-corrected chi connectivity index (χ1v) is 6.07. The smallest absolute Gasteiger partial charge is 0.357 e. The van der Waals surface area contributed by atoms with Gasteiger partial charge in [-0.05, 0) is 13.0 Å². The summed E-state index contributed by atoms with van der Waals surface area (Å²) < 4.78 is 37.8. The van der Waals surface area contributed by atoms with Crippen LogP contribution in [0.2, 0.25) is 0 Å². The lowest BCUT2D eigenvalue weighted by Crippen LogP contribution is -2.39. The van der Waals surface area contributed by atoms with Crippen LogP contribution < -0.4 is 10.6 Å². The maximum atomic E-state index is 12.0. The average Bonchev–Trinajstić information content (AvgIpc) is 2.80. The number of aliphatic imine (C=N–C) groups is 1. The Bertz CT molecular complexity index is 378. The van der Waals surface area contributed by atoms with E-state index in [1.54, 1.807) is 10.9 Å². The van der Waals surface area contributed by atoms with Crippen molar-refractivity contribution in [3.05, 3.63) is 18.5 Å². The summed E-state index contributed by atoms with van der Waals surface area (Å²) in [6, 6.07) is 1.81. The van der Waals surface area contributed by atoms with Crippen LogP contribution in [-0.4, -0.2) is 41.6 Å². The van der Waals surface area contributed by atoms with Gasteiger partial charge in [0.25, 0.3) is 0 Å². The minimum Gasteiger partial charge on any atom is -0.357 e. The highest BCUT2D eigenvalue weighted by atomic mass is 127. The van der Waals surface area contributed by atoms with Gasteiger partial charge < -0.3 is 10.6 Å². The van der Waals surface area contributed by atoms with Gasteiger partial charge in [-0.1, -0.05) is 0 Å². The Morgan fingerprint density at radius 1 is 1.35 bits per heavy atom. The highest BCUT2D eigenvalue weighted by Crippen LogP contribution is 2.18. The number of nitrogens with zero attached hydrogens (tertiary/aromatic N) is 3. The second kappa shape index (κ2) is 9.83. The summed E-state index contributed by atoms with van der Waals surface area (Å²) in [4.78, 5) is 3.86. The van der Waals surface area contributed by atoms with Gasteiger partial charge in [-0.3, -0.25) is 9.67 Å². The number of nitrogens with one attached hydrogen (secondary N) is 2. The summed E-state index contributed by atoms with van der Waals surface area (Å²) in [6.07, 6.45) is -1.60. The lowest BCUT2D eigenvalue weighted by atomic mass is 10.4. The molecule has 1 heterocycles. The van der Waals surface area contributed by atoms with Gasteiger partial charge in [0.15, 0.2) is 5.96 Å². The van der Waals surface area contributed by atoms with E-state index in [0.29, 0.717) is 25.6 Å². The van der Waals surface area contributed by atoms with Gasteiger partial charge in [0.05, 0.1) is 19.5 Å². The van der Waals surface area contributed by atoms with Crippen molar-refractivity contribution in [3.8, 4) is 0 Å². The number of halogens is 4. The molecule has 0 aliphatic heterocycles. The van der Waals surface area contributed by atoms with Crippen LogP contribution in [0.15, 0.2) is 23.5 Å². The van der Waals surface area contributed by atoms with E-state index < -0.39 is 12.6 Å². The third-order valence-corrected chi connectivity index (χ3v) is 2.20. The third kappa shape index (κ3) is 8.99. The Morgan fingerprint density at radius 2 is 2.10 bits per heavy atom. The van der Waals surface area contributed by atoms with Crippen molar-refractivity contribution in [2.45, 2.75) is 26.1 Å². The van der Waals surface area contributed by atoms with Crippen molar-refractivity contribution < 1.29 is 13.2 Å². The lowest BCUT2D eigenvalue weighted by Gasteiger charge is -2.11. The normalized spacial score (nSPS) is 11.9. The zero-order chi connectivity index (χ0) is 14.1. The van der Waals surface area contributed by atoms with E-state index in [0.717, 1.165) is 0 Å². The Labute approximate surface area is 133 Å². The van der Waals surface area contributed by atoms with Crippen molar-refractivity contribution in [1.82, 2.24) is 20.4 Å². The highest BCUT2D eigenvalue weighted by molar-refractivity contribution is 14.0. The fourth-order valence-corrected chi connectivity index (χ4v) is 1.36. The van der Waals surface area contributed by atoms with Gasteiger partial charge in [0.1, 0.15) is 0 Å². The fraction of sp³-hybridized carbons (Fsp3) is 0.636. The van der Waals surface area contributed by atoms with E-state index in [1.165, 1.54) is 0 Å². The molecule has 0 aliphatic carbocycles. The number of hydrogen-bond acceptors (Lipinski definition) is 2. The number of aromatic nitrogens is 2. The largest absolute Gasteiger partial charge is 0.390 e. The predicted octanol–water partition coefficient (Wildman–Crippen LogP) is 2.01. The second-order valence-corrected chi connectivity index (χ2v) is 3.82. The molecule has 5 nitrogen and oxygen atoms in total. The molecule has 1 aromatic rings. The van der Waals surface area contributed by atoms with E-state index in [-0.39, 0.29) is 30.5 Å². The van der Waals surface area contributed by atoms with Crippen molar-refractivity contribution in [2.75, 3.05) is 19.6 Å². The predicted molar refractivity (Wildman–Crippen MR) is 82.3 cm³/mol. The molecule has 0 atom stereocenters. The SMILES string of the molecule is CCNC(=NCCC(F)(F)F)NCCn1cccn1.I. The molecule has 0 fully saturated rings. The molecule has 1 aromatic heterocycles. The molecule has 0 radical (unpaired) electrons. The molecule has 0 unspecified atom stereocenters. The minimum absolute atomic E-state index is 0. The molecular weight excluding hydrogens is 386 g/mol. The molecule has 9 heteroatoms. The molecule has 20 heavy (non-hydrogen) atoms. The van der Waals surface area contributed by atoms with Crippen molar-refractivity contribution >= 4 is 29.9 Å². The fourth-order valence-electron chi connectivity index (χ4n) is 1.36. The molecule has 0 spiro atoms. The van der Waals surface area contributed by atoms with E-state index in [2.05, 4.69) is 20.7 Å². The number of rotatable bonds is 6. The third-order valence-electron chi connectivity index (χ3n) is 2.20. The monoisotopic (exact) mass is 405 g/mol. The van der Waals surface area contributed by atoms with Crippen LogP contribution in [0.4, 0.5) is 13.2 Å². The van der Waals surface area contributed by atoms with Crippen molar-refractivity contribution in [3.63, 3.8) is 0 Å². The molecule has 0 saturated carbocycles. The zero-order valence-corrected chi connectivity index (χ0v) is 13.5. The molecule has 0 amide bonds. The van der Waals surface area contributed by atoms with E-state index in [1.807, 2.05) is 19.2 Å². The Balaban J connectivity index is 0.00000361. The van der Waals surface area contributed by atoms with Gasteiger partial charge in [0, 0.05) is 25.5 Å². The molecule has 0 aliphatic rings. The zero-order valence-electron chi connectivity index (χ0n) is 11.2. The van der Waals surface area contributed by atoms with Crippen LogP contribution in [0.25, 0.3) is 0 Å². The van der Waals surface area contributed by atoms with Crippen LogP contribution >= 0.6 is 24.0 Å².